The summed E-state index contributed by atoms with van der Waals surface area (Å²) in [5.74, 6) is 2.52. The molecular formula is C18H30IN3O2. The minimum atomic E-state index is 0. The molecule has 0 spiro atoms. The summed E-state index contributed by atoms with van der Waals surface area (Å²) in [6, 6.07) is 6.01. The first-order chi connectivity index (χ1) is 11.2. The first kappa shape index (κ1) is 20.9. The fourth-order valence-electron chi connectivity index (χ4n) is 2.83. The molecule has 0 bridgehead atoms. The van der Waals surface area contributed by atoms with Crippen molar-refractivity contribution in [3.8, 4) is 11.5 Å². The van der Waals surface area contributed by atoms with Crippen molar-refractivity contribution in [3.63, 3.8) is 0 Å². The van der Waals surface area contributed by atoms with Gasteiger partial charge in [0.1, 0.15) is 0 Å². The first-order valence-electron chi connectivity index (χ1n) is 8.43. The van der Waals surface area contributed by atoms with Crippen LogP contribution in [0.25, 0.3) is 0 Å². The van der Waals surface area contributed by atoms with Crippen LogP contribution in [0.15, 0.2) is 23.2 Å². The number of benzene rings is 1. The quantitative estimate of drug-likeness (QED) is 0.411. The van der Waals surface area contributed by atoms with Gasteiger partial charge in [0.15, 0.2) is 17.5 Å². The monoisotopic (exact) mass is 447 g/mol. The van der Waals surface area contributed by atoms with Gasteiger partial charge >= 0.3 is 0 Å². The number of hydrogen-bond acceptors (Lipinski definition) is 3. The molecule has 1 saturated carbocycles. The van der Waals surface area contributed by atoms with Crippen LogP contribution in [0.3, 0.4) is 0 Å². The molecule has 1 N–H and O–H groups in total. The van der Waals surface area contributed by atoms with E-state index in [1.165, 1.54) is 12.8 Å². The van der Waals surface area contributed by atoms with Crippen molar-refractivity contribution in [2.75, 3.05) is 27.7 Å². The summed E-state index contributed by atoms with van der Waals surface area (Å²) in [6.45, 7) is 3.49. The zero-order valence-electron chi connectivity index (χ0n) is 15.2. The molecule has 0 amide bonds. The van der Waals surface area contributed by atoms with E-state index in [-0.39, 0.29) is 24.0 Å². The fraction of sp³-hybridized carbons (Fsp3) is 0.611. The molecule has 0 aromatic heterocycles. The number of rotatable bonds is 6. The molecule has 5 nitrogen and oxygen atoms in total. The second-order valence-corrected chi connectivity index (χ2v) is 6.04. The SMILES string of the molecule is CCNC(=NCc1cccc(OC)c1OC1CCCC1)N(C)C.I. The number of hydrogen-bond donors (Lipinski definition) is 1. The van der Waals surface area contributed by atoms with E-state index in [4.69, 9.17) is 9.47 Å². The molecule has 136 valence electrons. The highest BCUT2D eigenvalue weighted by Crippen LogP contribution is 2.35. The summed E-state index contributed by atoms with van der Waals surface area (Å²) in [5, 5.41) is 3.28. The van der Waals surface area contributed by atoms with Crippen LogP contribution in [0.2, 0.25) is 0 Å². The van der Waals surface area contributed by atoms with Crippen molar-refractivity contribution in [2.45, 2.75) is 45.3 Å². The van der Waals surface area contributed by atoms with E-state index < -0.39 is 0 Å². The van der Waals surface area contributed by atoms with Gasteiger partial charge in [0.05, 0.1) is 19.8 Å². The summed E-state index contributed by atoms with van der Waals surface area (Å²) in [6.07, 6.45) is 5.05. The summed E-state index contributed by atoms with van der Waals surface area (Å²) >= 11 is 0. The highest BCUT2D eigenvalue weighted by Gasteiger charge is 2.20. The zero-order valence-corrected chi connectivity index (χ0v) is 17.5. The minimum absolute atomic E-state index is 0. The maximum atomic E-state index is 6.25. The fourth-order valence-corrected chi connectivity index (χ4v) is 2.83. The third kappa shape index (κ3) is 5.72. The van der Waals surface area contributed by atoms with Gasteiger partial charge in [-0.25, -0.2) is 4.99 Å². The third-order valence-corrected chi connectivity index (χ3v) is 4.02. The molecule has 1 aromatic carbocycles. The van der Waals surface area contributed by atoms with Crippen molar-refractivity contribution in [1.29, 1.82) is 0 Å². The Bertz CT molecular complexity index is 529. The van der Waals surface area contributed by atoms with Gasteiger partial charge in [0, 0.05) is 26.2 Å². The van der Waals surface area contributed by atoms with Gasteiger partial charge in [-0.15, -0.1) is 24.0 Å². The van der Waals surface area contributed by atoms with Gasteiger partial charge in [0.2, 0.25) is 0 Å². The van der Waals surface area contributed by atoms with E-state index >= 15 is 0 Å². The van der Waals surface area contributed by atoms with Crippen LogP contribution in [0.5, 0.6) is 11.5 Å². The van der Waals surface area contributed by atoms with E-state index in [0.717, 1.165) is 42.4 Å². The lowest BCUT2D eigenvalue weighted by Gasteiger charge is -2.20. The van der Waals surface area contributed by atoms with Crippen molar-refractivity contribution in [3.05, 3.63) is 23.8 Å². The Kier molecular flexibility index (Phi) is 9.25. The van der Waals surface area contributed by atoms with Crippen LogP contribution in [0, 0.1) is 0 Å². The van der Waals surface area contributed by atoms with E-state index in [1.807, 2.05) is 31.1 Å². The average molecular weight is 447 g/mol. The number of methoxy groups -OCH3 is 1. The lowest BCUT2D eigenvalue weighted by Crippen LogP contribution is -2.36. The summed E-state index contributed by atoms with van der Waals surface area (Å²) in [5.41, 5.74) is 1.06. The third-order valence-electron chi connectivity index (χ3n) is 4.02. The lowest BCUT2D eigenvalue weighted by atomic mass is 10.1. The number of aliphatic imine (C=N–C) groups is 1. The Morgan fingerprint density at radius 3 is 2.58 bits per heavy atom. The number of para-hydroxylation sites is 1. The van der Waals surface area contributed by atoms with E-state index in [1.54, 1.807) is 7.11 Å². The molecule has 1 aromatic rings. The van der Waals surface area contributed by atoms with Crippen LogP contribution >= 0.6 is 24.0 Å². The Hall–Kier alpha value is -1.18. The first-order valence-corrected chi connectivity index (χ1v) is 8.43. The Balaban J connectivity index is 0.00000288. The highest BCUT2D eigenvalue weighted by atomic mass is 127. The lowest BCUT2D eigenvalue weighted by molar-refractivity contribution is 0.198. The van der Waals surface area contributed by atoms with Gasteiger partial charge in [-0.1, -0.05) is 12.1 Å². The van der Waals surface area contributed by atoms with Gasteiger partial charge in [-0.05, 0) is 38.7 Å². The Morgan fingerprint density at radius 1 is 1.29 bits per heavy atom. The van der Waals surface area contributed by atoms with Gasteiger partial charge < -0.3 is 19.7 Å². The molecule has 1 fully saturated rings. The van der Waals surface area contributed by atoms with Crippen LogP contribution in [-0.4, -0.2) is 44.7 Å². The minimum Gasteiger partial charge on any atom is -0.493 e. The number of guanidine groups is 1. The molecule has 0 radical (unpaired) electrons. The molecule has 1 aliphatic carbocycles. The highest BCUT2D eigenvalue weighted by molar-refractivity contribution is 14.0. The van der Waals surface area contributed by atoms with Crippen LogP contribution in [0.1, 0.15) is 38.2 Å². The summed E-state index contributed by atoms with van der Waals surface area (Å²) < 4.78 is 11.8. The predicted octanol–water partition coefficient (Wildman–Crippen LogP) is 3.66. The molecule has 0 atom stereocenters. The van der Waals surface area contributed by atoms with E-state index in [0.29, 0.717) is 12.6 Å². The van der Waals surface area contributed by atoms with Crippen LogP contribution < -0.4 is 14.8 Å². The predicted molar refractivity (Wildman–Crippen MR) is 110 cm³/mol. The molecule has 24 heavy (non-hydrogen) atoms. The molecule has 2 rings (SSSR count). The van der Waals surface area contributed by atoms with Crippen molar-refractivity contribution in [2.24, 2.45) is 4.99 Å². The largest absolute Gasteiger partial charge is 0.493 e. The van der Waals surface area contributed by atoms with Gasteiger partial charge in [0.25, 0.3) is 0 Å². The normalized spacial score (nSPS) is 14.9. The smallest absolute Gasteiger partial charge is 0.193 e. The number of halogens is 1. The molecule has 0 aliphatic heterocycles. The van der Waals surface area contributed by atoms with Crippen LogP contribution in [-0.2, 0) is 6.54 Å². The van der Waals surface area contributed by atoms with Crippen molar-refractivity contribution < 1.29 is 9.47 Å². The van der Waals surface area contributed by atoms with Gasteiger partial charge in [-0.3, -0.25) is 0 Å². The second kappa shape index (κ2) is 10.6. The van der Waals surface area contributed by atoms with Gasteiger partial charge in [-0.2, -0.15) is 0 Å². The average Bonchev–Trinajstić information content (AvgIpc) is 3.05. The number of nitrogens with one attached hydrogen (secondary N) is 1. The molecule has 0 heterocycles. The zero-order chi connectivity index (χ0) is 16.7. The standard InChI is InChI=1S/C18H29N3O2.HI/c1-5-19-18(21(2)3)20-13-14-9-8-12-16(22-4)17(14)23-15-10-6-7-11-15;/h8-9,12,15H,5-7,10-11,13H2,1-4H3,(H,19,20);1H. The molecule has 6 heteroatoms. The molecular weight excluding hydrogens is 417 g/mol. The molecule has 0 unspecified atom stereocenters. The van der Waals surface area contributed by atoms with E-state index in [9.17, 15) is 0 Å². The Labute approximate surface area is 162 Å². The maximum Gasteiger partial charge on any atom is 0.193 e. The summed E-state index contributed by atoms with van der Waals surface area (Å²) in [4.78, 5) is 6.68. The van der Waals surface area contributed by atoms with Crippen molar-refractivity contribution >= 4 is 29.9 Å². The summed E-state index contributed by atoms with van der Waals surface area (Å²) in [7, 11) is 5.67. The topological polar surface area (TPSA) is 46.1 Å². The van der Waals surface area contributed by atoms with Crippen molar-refractivity contribution in [1.82, 2.24) is 10.2 Å². The number of nitrogens with zero attached hydrogens (tertiary/aromatic N) is 2. The molecule has 1 aliphatic rings. The maximum absolute atomic E-state index is 6.25. The molecule has 0 saturated heterocycles. The number of ether oxygens (including phenoxy) is 2. The van der Waals surface area contributed by atoms with Crippen LogP contribution in [0.4, 0.5) is 0 Å². The Morgan fingerprint density at radius 2 is 2.00 bits per heavy atom. The van der Waals surface area contributed by atoms with E-state index in [2.05, 4.69) is 23.3 Å². The second-order valence-electron chi connectivity index (χ2n) is 6.04.